The quantitative estimate of drug-likeness (QED) is 0.875. The number of piperidine rings is 1. The number of carbonyl (C=O) groups is 1. The van der Waals surface area contributed by atoms with E-state index < -0.39 is 5.82 Å². The molecule has 1 amide bonds. The van der Waals surface area contributed by atoms with Crippen LogP contribution in [-0.4, -0.2) is 42.1 Å². The van der Waals surface area contributed by atoms with Gasteiger partial charge in [0.05, 0.1) is 13.3 Å². The number of methoxy groups -OCH3 is 1. The Bertz CT molecular complexity index is 461. The van der Waals surface area contributed by atoms with Crippen LogP contribution in [-0.2, 0) is 4.79 Å². The predicted molar refractivity (Wildman–Crippen MR) is 67.6 cm³/mol. The van der Waals surface area contributed by atoms with Crippen molar-refractivity contribution in [1.82, 2.24) is 15.3 Å². The molecule has 2 heterocycles. The number of aromatic nitrogens is 2. The summed E-state index contributed by atoms with van der Waals surface area (Å²) in [6, 6.07) is 0.191. The first kappa shape index (κ1) is 13.5. The molecule has 6 nitrogen and oxygen atoms in total. The lowest BCUT2D eigenvalue weighted by Crippen LogP contribution is -2.44. The number of halogens is 1. The van der Waals surface area contributed by atoms with E-state index >= 15 is 0 Å². The molecule has 0 unspecified atom stereocenters. The highest BCUT2D eigenvalue weighted by Gasteiger charge is 2.22. The topological polar surface area (TPSA) is 67.3 Å². The first-order chi connectivity index (χ1) is 9.10. The molecule has 0 bridgehead atoms. The summed E-state index contributed by atoms with van der Waals surface area (Å²) in [4.78, 5) is 20.9. The van der Waals surface area contributed by atoms with Crippen LogP contribution in [0.15, 0.2) is 6.20 Å². The Hall–Kier alpha value is -1.92. The molecule has 1 N–H and O–H groups in total. The van der Waals surface area contributed by atoms with Gasteiger partial charge in [-0.3, -0.25) is 4.79 Å². The van der Waals surface area contributed by atoms with Crippen LogP contribution in [0.25, 0.3) is 0 Å². The van der Waals surface area contributed by atoms with Crippen LogP contribution in [0, 0.1) is 5.82 Å². The predicted octanol–water partition coefficient (Wildman–Crippen LogP) is 0.729. The third-order valence-electron chi connectivity index (χ3n) is 3.08. The molecule has 0 spiro atoms. The summed E-state index contributed by atoms with van der Waals surface area (Å²) in [7, 11) is 1.37. The number of nitrogens with one attached hydrogen (secondary N) is 1. The van der Waals surface area contributed by atoms with Gasteiger partial charge in [0.15, 0.2) is 0 Å². The van der Waals surface area contributed by atoms with Crippen LogP contribution in [0.4, 0.5) is 10.3 Å². The van der Waals surface area contributed by atoms with E-state index in [0.29, 0.717) is 5.95 Å². The van der Waals surface area contributed by atoms with Crippen molar-refractivity contribution in [3.63, 3.8) is 0 Å². The molecule has 7 heteroatoms. The highest BCUT2D eigenvalue weighted by molar-refractivity contribution is 5.73. The summed E-state index contributed by atoms with van der Waals surface area (Å²) in [6.07, 6.45) is 2.76. The van der Waals surface area contributed by atoms with E-state index in [1.165, 1.54) is 14.0 Å². The molecule has 1 aliphatic rings. The smallest absolute Gasteiger partial charge is 0.255 e. The zero-order valence-electron chi connectivity index (χ0n) is 11.0. The summed E-state index contributed by atoms with van der Waals surface area (Å²) in [5.74, 6) is -0.175. The maximum atomic E-state index is 13.2. The van der Waals surface area contributed by atoms with E-state index in [0.717, 1.165) is 32.1 Å². The lowest BCUT2D eigenvalue weighted by Gasteiger charge is -2.32. The second-order valence-corrected chi connectivity index (χ2v) is 4.49. The molecule has 0 radical (unpaired) electrons. The molecule has 0 aromatic carbocycles. The van der Waals surface area contributed by atoms with Gasteiger partial charge in [-0.25, -0.2) is 4.98 Å². The molecule has 1 fully saturated rings. The Morgan fingerprint density at radius 2 is 2.21 bits per heavy atom. The minimum atomic E-state index is -0.570. The average molecular weight is 268 g/mol. The molecule has 0 saturated carbocycles. The normalized spacial score (nSPS) is 16.3. The van der Waals surface area contributed by atoms with E-state index in [1.54, 1.807) is 0 Å². The van der Waals surface area contributed by atoms with Gasteiger partial charge in [-0.1, -0.05) is 0 Å². The minimum Gasteiger partial charge on any atom is -0.479 e. The van der Waals surface area contributed by atoms with Gasteiger partial charge < -0.3 is 15.0 Å². The van der Waals surface area contributed by atoms with E-state index in [1.807, 2.05) is 4.90 Å². The number of ether oxygens (including phenoxy) is 1. The van der Waals surface area contributed by atoms with Crippen molar-refractivity contribution < 1.29 is 13.9 Å². The lowest BCUT2D eigenvalue weighted by atomic mass is 10.1. The molecule has 19 heavy (non-hydrogen) atoms. The van der Waals surface area contributed by atoms with Crippen molar-refractivity contribution in [3.8, 4) is 5.88 Å². The zero-order valence-corrected chi connectivity index (χ0v) is 11.0. The number of hydrogen-bond donors (Lipinski definition) is 1. The Labute approximate surface area is 111 Å². The van der Waals surface area contributed by atoms with Gasteiger partial charge in [0.25, 0.3) is 5.88 Å². The van der Waals surface area contributed by atoms with Crippen LogP contribution in [0.3, 0.4) is 0 Å². The molecular formula is C12H17FN4O2. The van der Waals surface area contributed by atoms with Crippen LogP contribution in [0.2, 0.25) is 0 Å². The molecule has 1 aromatic heterocycles. The minimum absolute atomic E-state index is 0.0156. The molecule has 1 aromatic rings. The van der Waals surface area contributed by atoms with Crippen molar-refractivity contribution in [2.24, 2.45) is 0 Å². The van der Waals surface area contributed by atoms with Crippen molar-refractivity contribution >= 4 is 11.9 Å². The van der Waals surface area contributed by atoms with Crippen molar-refractivity contribution in [2.45, 2.75) is 25.8 Å². The number of nitrogens with zero attached hydrogens (tertiary/aromatic N) is 3. The summed E-state index contributed by atoms with van der Waals surface area (Å²) in [6.45, 7) is 2.96. The first-order valence-corrected chi connectivity index (χ1v) is 6.18. The summed E-state index contributed by atoms with van der Waals surface area (Å²) >= 11 is 0. The van der Waals surface area contributed by atoms with E-state index in [4.69, 9.17) is 4.74 Å². The molecule has 104 valence electrons. The number of anilines is 1. The van der Waals surface area contributed by atoms with Gasteiger partial charge in [-0.15, -0.1) is 0 Å². The first-order valence-electron chi connectivity index (χ1n) is 6.18. The van der Waals surface area contributed by atoms with Crippen LogP contribution < -0.4 is 15.0 Å². The SMILES string of the molecule is COc1nc(N2CCC(NC(C)=O)CC2)ncc1F. The van der Waals surface area contributed by atoms with Gasteiger partial charge >= 0.3 is 0 Å². The lowest BCUT2D eigenvalue weighted by molar-refractivity contribution is -0.119. The number of rotatable bonds is 3. The van der Waals surface area contributed by atoms with Gasteiger partial charge in [0, 0.05) is 26.1 Å². The van der Waals surface area contributed by atoms with Crippen LogP contribution >= 0.6 is 0 Å². The monoisotopic (exact) mass is 268 g/mol. The Morgan fingerprint density at radius 3 is 2.79 bits per heavy atom. The largest absolute Gasteiger partial charge is 0.479 e. The fourth-order valence-electron chi connectivity index (χ4n) is 2.15. The molecule has 0 atom stereocenters. The second-order valence-electron chi connectivity index (χ2n) is 4.49. The Morgan fingerprint density at radius 1 is 1.53 bits per heavy atom. The van der Waals surface area contributed by atoms with Crippen LogP contribution in [0.5, 0.6) is 5.88 Å². The van der Waals surface area contributed by atoms with Crippen molar-refractivity contribution in [3.05, 3.63) is 12.0 Å². The van der Waals surface area contributed by atoms with Gasteiger partial charge in [-0.05, 0) is 12.8 Å². The van der Waals surface area contributed by atoms with E-state index in [-0.39, 0.29) is 17.8 Å². The van der Waals surface area contributed by atoms with Gasteiger partial charge in [-0.2, -0.15) is 9.37 Å². The molecule has 1 saturated heterocycles. The van der Waals surface area contributed by atoms with E-state index in [2.05, 4.69) is 15.3 Å². The summed E-state index contributed by atoms with van der Waals surface area (Å²) in [5.41, 5.74) is 0. The highest BCUT2D eigenvalue weighted by Crippen LogP contribution is 2.20. The standard InChI is InChI=1S/C12H17FN4O2/c1-8(18)15-9-3-5-17(6-4-9)12-14-7-10(13)11(16-12)19-2/h7,9H,3-6H2,1-2H3,(H,15,18). The van der Waals surface area contributed by atoms with E-state index in [9.17, 15) is 9.18 Å². The molecule has 2 rings (SSSR count). The molecule has 0 aliphatic carbocycles. The van der Waals surface area contributed by atoms with Crippen LogP contribution in [0.1, 0.15) is 19.8 Å². The summed E-state index contributed by atoms with van der Waals surface area (Å²) in [5, 5.41) is 2.89. The molecule has 1 aliphatic heterocycles. The number of amides is 1. The van der Waals surface area contributed by atoms with Crippen molar-refractivity contribution in [2.75, 3.05) is 25.1 Å². The third-order valence-corrected chi connectivity index (χ3v) is 3.08. The average Bonchev–Trinajstić information content (AvgIpc) is 2.40. The number of carbonyl (C=O) groups excluding carboxylic acids is 1. The van der Waals surface area contributed by atoms with Gasteiger partial charge in [0.2, 0.25) is 17.7 Å². The summed E-state index contributed by atoms with van der Waals surface area (Å²) < 4.78 is 18.1. The highest BCUT2D eigenvalue weighted by atomic mass is 19.1. The molecular weight excluding hydrogens is 251 g/mol. The van der Waals surface area contributed by atoms with Crippen molar-refractivity contribution in [1.29, 1.82) is 0 Å². The maximum absolute atomic E-state index is 13.2. The number of hydrogen-bond acceptors (Lipinski definition) is 5. The zero-order chi connectivity index (χ0) is 13.8. The fourth-order valence-corrected chi connectivity index (χ4v) is 2.15. The Balaban J connectivity index is 1.99. The maximum Gasteiger partial charge on any atom is 0.255 e. The van der Waals surface area contributed by atoms with Gasteiger partial charge in [0.1, 0.15) is 0 Å². The third kappa shape index (κ3) is 3.30. The fraction of sp³-hybridized carbons (Fsp3) is 0.583. The second kappa shape index (κ2) is 5.81. The Kier molecular flexibility index (Phi) is 4.13.